The molecule has 0 radical (unpaired) electrons. The quantitative estimate of drug-likeness (QED) is 0.530. The van der Waals surface area contributed by atoms with Crippen LogP contribution in [0.3, 0.4) is 0 Å². The number of hydrogen-bond donors (Lipinski definition) is 0. The smallest absolute Gasteiger partial charge is 0.768 e. The van der Waals surface area contributed by atoms with Gasteiger partial charge in [-0.2, -0.15) is 0 Å². The molecule has 5 heteroatoms. The first-order chi connectivity index (χ1) is 6.97. The fourth-order valence-corrected chi connectivity index (χ4v) is 2.25. The molecule has 1 rings (SSSR count). The summed E-state index contributed by atoms with van der Waals surface area (Å²) < 4.78 is 27.2. The number of hydrogen-bond acceptors (Lipinski definition) is 3. The molecule has 0 spiro atoms. The molecule has 0 N–H and O–H groups in total. The average Bonchev–Trinajstić information content (AvgIpc) is 2.16. The van der Waals surface area contributed by atoms with Gasteiger partial charge in [0.15, 0.2) is 0 Å². The molecule has 0 saturated heterocycles. The van der Waals surface area contributed by atoms with Crippen LogP contribution in [0.4, 0.5) is 0 Å². The minimum absolute atomic E-state index is 0. The minimum Gasteiger partial charge on any atom is -0.768 e. The first kappa shape index (κ1) is 16.1. The van der Waals surface area contributed by atoms with Crippen molar-refractivity contribution in [2.45, 2.75) is 31.6 Å². The van der Waals surface area contributed by atoms with Crippen LogP contribution in [0, 0.1) is 6.92 Å². The third-order valence-corrected chi connectivity index (χ3v) is 3.04. The third-order valence-electron chi connectivity index (χ3n) is 2.33. The molecular formula is C11H15NaO3S. The van der Waals surface area contributed by atoms with Crippen molar-refractivity contribution < 1.29 is 43.1 Å². The molecule has 1 atom stereocenters. The number of rotatable bonds is 3. The number of methoxy groups -OCH3 is 1. The van der Waals surface area contributed by atoms with Gasteiger partial charge >= 0.3 is 29.6 Å². The van der Waals surface area contributed by atoms with Crippen LogP contribution in [0.2, 0.25) is 0 Å². The molecule has 0 heterocycles. The molecule has 0 aliphatic carbocycles. The Morgan fingerprint density at radius 1 is 1.38 bits per heavy atom. The van der Waals surface area contributed by atoms with Crippen LogP contribution >= 0.6 is 0 Å². The molecule has 0 fully saturated rings. The van der Waals surface area contributed by atoms with E-state index in [0.29, 0.717) is 4.90 Å². The molecule has 1 aromatic rings. The van der Waals surface area contributed by atoms with Crippen molar-refractivity contribution >= 4 is 11.1 Å². The van der Waals surface area contributed by atoms with E-state index in [4.69, 9.17) is 4.74 Å². The Hall–Kier alpha value is 0.130. The summed E-state index contributed by atoms with van der Waals surface area (Å²) in [7, 11) is 1.58. The maximum atomic E-state index is 11.0. The average molecular weight is 250 g/mol. The minimum atomic E-state index is -2.19. The summed E-state index contributed by atoms with van der Waals surface area (Å²) in [4.78, 5) is 0.364. The Morgan fingerprint density at radius 2 is 1.94 bits per heavy atom. The van der Waals surface area contributed by atoms with Gasteiger partial charge in [-0.3, -0.25) is 4.21 Å². The van der Waals surface area contributed by atoms with Crippen LogP contribution in [0.25, 0.3) is 0 Å². The van der Waals surface area contributed by atoms with Crippen LogP contribution in [0.15, 0.2) is 17.0 Å². The number of ether oxygens (including phenoxy) is 1. The van der Waals surface area contributed by atoms with E-state index in [1.807, 2.05) is 20.8 Å². The summed E-state index contributed by atoms with van der Waals surface area (Å²) in [5, 5.41) is 0. The van der Waals surface area contributed by atoms with E-state index >= 15 is 0 Å². The molecule has 0 aromatic heterocycles. The summed E-state index contributed by atoms with van der Waals surface area (Å²) in [5.41, 5.74) is 1.63. The van der Waals surface area contributed by atoms with Crippen LogP contribution < -0.4 is 34.3 Å². The molecule has 16 heavy (non-hydrogen) atoms. The molecule has 0 amide bonds. The van der Waals surface area contributed by atoms with E-state index in [1.54, 1.807) is 19.2 Å². The SMILES string of the molecule is COc1cc(C(C)C)c(S(=O)[O-])cc1C.[Na+]. The van der Waals surface area contributed by atoms with Crippen molar-refractivity contribution in [3.63, 3.8) is 0 Å². The Labute approximate surface area is 121 Å². The van der Waals surface area contributed by atoms with E-state index in [1.165, 1.54) is 0 Å². The largest absolute Gasteiger partial charge is 1.00 e. The van der Waals surface area contributed by atoms with Gasteiger partial charge in [0.2, 0.25) is 0 Å². The van der Waals surface area contributed by atoms with Crippen molar-refractivity contribution in [1.29, 1.82) is 0 Å². The molecule has 84 valence electrons. The second-order valence-electron chi connectivity index (χ2n) is 3.75. The maximum Gasteiger partial charge on any atom is 1.00 e. The Morgan fingerprint density at radius 3 is 2.31 bits per heavy atom. The molecule has 1 aromatic carbocycles. The monoisotopic (exact) mass is 250 g/mol. The van der Waals surface area contributed by atoms with Gasteiger partial charge in [0.1, 0.15) is 5.75 Å². The Balaban J connectivity index is 0.00000225. The molecule has 0 aliphatic heterocycles. The number of aryl methyl sites for hydroxylation is 1. The van der Waals surface area contributed by atoms with Gasteiger partial charge in [0.25, 0.3) is 0 Å². The molecule has 0 saturated carbocycles. The normalized spacial score (nSPS) is 12.1. The van der Waals surface area contributed by atoms with Gasteiger partial charge in [-0.1, -0.05) is 13.8 Å². The van der Waals surface area contributed by atoms with Crippen LogP contribution in [-0.4, -0.2) is 15.9 Å². The standard InChI is InChI=1S/C11H16O3S.Na/c1-7(2)9-6-10(14-4)8(3)5-11(9)15(12)13;/h5-7H,1-4H3,(H,12,13);/q;+1/p-1. The molecule has 3 nitrogen and oxygen atoms in total. The zero-order valence-corrected chi connectivity index (χ0v) is 13.2. The fraction of sp³-hybridized carbons (Fsp3) is 0.455. The van der Waals surface area contributed by atoms with Gasteiger partial charge in [-0.15, -0.1) is 0 Å². The summed E-state index contributed by atoms with van der Waals surface area (Å²) >= 11 is -2.19. The van der Waals surface area contributed by atoms with Crippen LogP contribution in [0.1, 0.15) is 30.9 Å². The van der Waals surface area contributed by atoms with Crippen molar-refractivity contribution in [3.8, 4) is 5.75 Å². The summed E-state index contributed by atoms with van der Waals surface area (Å²) in [5.74, 6) is 0.889. The Bertz CT molecular complexity index is 391. The summed E-state index contributed by atoms with van der Waals surface area (Å²) in [6.45, 7) is 5.75. The van der Waals surface area contributed by atoms with Gasteiger partial charge in [0, 0.05) is 4.90 Å². The van der Waals surface area contributed by atoms with Crippen molar-refractivity contribution in [3.05, 3.63) is 23.3 Å². The third kappa shape index (κ3) is 3.57. The second-order valence-corrected chi connectivity index (χ2v) is 4.66. The van der Waals surface area contributed by atoms with E-state index in [-0.39, 0.29) is 35.5 Å². The van der Waals surface area contributed by atoms with E-state index in [2.05, 4.69) is 0 Å². The van der Waals surface area contributed by atoms with E-state index < -0.39 is 11.1 Å². The van der Waals surface area contributed by atoms with Crippen LogP contribution in [0.5, 0.6) is 5.75 Å². The predicted molar refractivity (Wildman–Crippen MR) is 59.0 cm³/mol. The topological polar surface area (TPSA) is 49.4 Å². The molecule has 0 aliphatic rings. The van der Waals surface area contributed by atoms with Crippen LogP contribution in [-0.2, 0) is 11.1 Å². The Kier molecular flexibility index (Phi) is 6.82. The molecule has 1 unspecified atom stereocenters. The maximum absolute atomic E-state index is 11.0. The van der Waals surface area contributed by atoms with Crippen molar-refractivity contribution in [2.75, 3.05) is 7.11 Å². The second kappa shape index (κ2) is 6.77. The van der Waals surface area contributed by atoms with Crippen molar-refractivity contribution in [2.24, 2.45) is 0 Å². The van der Waals surface area contributed by atoms with Crippen molar-refractivity contribution in [1.82, 2.24) is 0 Å². The van der Waals surface area contributed by atoms with Gasteiger partial charge in [-0.25, -0.2) is 0 Å². The predicted octanol–water partition coefficient (Wildman–Crippen LogP) is -0.631. The van der Waals surface area contributed by atoms with Gasteiger partial charge in [0.05, 0.1) is 7.11 Å². The molecular weight excluding hydrogens is 235 g/mol. The summed E-state index contributed by atoms with van der Waals surface area (Å²) in [6, 6.07) is 3.45. The molecule has 0 bridgehead atoms. The zero-order valence-electron chi connectivity index (χ0n) is 10.4. The first-order valence-electron chi connectivity index (χ1n) is 4.75. The van der Waals surface area contributed by atoms with Gasteiger partial charge in [-0.05, 0) is 47.2 Å². The zero-order chi connectivity index (χ0) is 11.6. The van der Waals surface area contributed by atoms with E-state index in [0.717, 1.165) is 16.9 Å². The fourth-order valence-electron chi connectivity index (χ4n) is 1.49. The first-order valence-corrected chi connectivity index (χ1v) is 5.82. The van der Waals surface area contributed by atoms with Gasteiger partial charge < -0.3 is 9.29 Å². The summed E-state index contributed by atoms with van der Waals surface area (Å²) in [6.07, 6.45) is 0. The van der Waals surface area contributed by atoms with E-state index in [9.17, 15) is 8.76 Å². The number of benzene rings is 1.